The molecule has 1 aromatic heterocycles. The Kier molecular flexibility index (Phi) is 38.9. The summed E-state index contributed by atoms with van der Waals surface area (Å²) in [5, 5.41) is 15.4. The molecule has 3 aromatic rings. The number of Topliss-reactive ketones (excluding diaryl/α,β-unsaturated/α-hetero) is 3. The van der Waals surface area contributed by atoms with Crippen LogP contribution < -0.4 is 32.3 Å². The second kappa shape index (κ2) is 46.1. The smallest absolute Gasteiger partial charge is 0.312 e. The lowest BCUT2D eigenvalue weighted by Gasteiger charge is -2.41. The SMILES string of the molecule is CC[C@H](C)[C@@H]([C@@H](CC(=O)N1CCC[C@H]1[C@H](OC)[C@@H](C)C(=O)C[C@@H](Cc1ccccc1)C(=O)NCc1ccc(NC(=O)[C@H](CCCNC(N)=O)CC(=O)[C@@H](NC(=O)CCC[N+]2(C)CCC(CNC(=O)CCCC#Cc3cnc(SC)nc3)CC2)C(C)C)cc1)OC)N(C)C(=O)[C@@H](CC(=O)[C@H](C(C)C)N(C)C)C(C)C. The zero-order valence-corrected chi connectivity index (χ0v) is 68.4. The fourth-order valence-electron chi connectivity index (χ4n) is 15.4. The quantitative estimate of drug-likeness (QED) is 0.0101. The standard InChI is InChI=1S/C83H128N12O12S/c1-17-57(8)77(93(12)81(104)66(54(2)3)48-70(98)76(56(6)7)92(10)11)71(106-14)49-74(101)94-41-25-31-67(94)78(107-15)58(9)68(96)47-64(45-59-27-20-18-21-28-59)79(102)87-51-60-34-36-65(37-35-60)90-80(103)63(30-24-40-85-82(84)105)46-69(97)75(55(4)5)91-73(100)33-26-42-95(13)43-38-61(39-44-95)50-86-72(99)32-23-19-22-29-62-52-88-83(108-16)89-53-62/h18,20-21,27-28,34-37,52-58,61,63-64,66-67,71,75-78H,17,19,23-26,30-33,38-51H2,1-16H3,(H6-,84,85,86,87,90,91,99,100,102,103,105)/p+1/t57-,58-,61?,63+,64+,66-,67-,71+,75-,76-,77-,78+,95?/m0/s1. The van der Waals surface area contributed by atoms with Gasteiger partial charge in [-0.3, -0.25) is 48.1 Å². The highest BCUT2D eigenvalue weighted by Crippen LogP contribution is 2.33. The minimum Gasteiger partial charge on any atom is -0.379 e. The van der Waals surface area contributed by atoms with Gasteiger partial charge in [0.15, 0.2) is 16.7 Å². The molecule has 0 aliphatic carbocycles. The van der Waals surface area contributed by atoms with Gasteiger partial charge in [-0.05, 0) is 112 Å². The lowest BCUT2D eigenvalue weighted by Crippen LogP contribution is -2.54. The van der Waals surface area contributed by atoms with Crippen molar-refractivity contribution in [2.75, 3.05) is 93.3 Å². The zero-order chi connectivity index (χ0) is 79.8. The molecule has 598 valence electrons. The summed E-state index contributed by atoms with van der Waals surface area (Å²) in [6.07, 6.45) is 11.1. The number of hydrogen-bond donors (Lipinski definition) is 6. The number of likely N-dealkylation sites (tertiary alicyclic amines) is 2. The van der Waals surface area contributed by atoms with Crippen molar-refractivity contribution in [1.82, 2.24) is 45.9 Å². The maximum Gasteiger partial charge on any atom is 0.312 e. The van der Waals surface area contributed by atoms with E-state index in [2.05, 4.69) is 55.4 Å². The molecule has 2 saturated heterocycles. The number of carbonyl (C=O) groups is 10. The van der Waals surface area contributed by atoms with E-state index in [1.54, 1.807) is 74.6 Å². The third-order valence-electron chi connectivity index (χ3n) is 22.0. The molecular weight excluding hydrogens is 1390 g/mol. The first-order valence-corrected chi connectivity index (χ1v) is 40.4. The number of ketones is 3. The van der Waals surface area contributed by atoms with E-state index < -0.39 is 65.9 Å². The number of ether oxygens (including phenoxy) is 2. The Morgan fingerprint density at radius 3 is 1.97 bits per heavy atom. The van der Waals surface area contributed by atoms with Crippen LogP contribution in [0.15, 0.2) is 72.1 Å². The largest absolute Gasteiger partial charge is 0.379 e. The van der Waals surface area contributed by atoms with Crippen molar-refractivity contribution in [2.24, 2.45) is 59.0 Å². The van der Waals surface area contributed by atoms with Crippen LogP contribution in [0.1, 0.15) is 182 Å². The first kappa shape index (κ1) is 91.0. The van der Waals surface area contributed by atoms with Crippen molar-refractivity contribution in [1.29, 1.82) is 0 Å². The van der Waals surface area contributed by atoms with Crippen LogP contribution in [0.4, 0.5) is 10.5 Å². The van der Waals surface area contributed by atoms with Crippen molar-refractivity contribution in [3.8, 4) is 11.8 Å². The summed E-state index contributed by atoms with van der Waals surface area (Å²) in [4.78, 5) is 152. The number of carbonyl (C=O) groups excluding carboxylic acids is 10. The Balaban J connectivity index is 1.15. The molecule has 2 fully saturated rings. The number of nitrogens with two attached hydrogens (primary N) is 1. The van der Waals surface area contributed by atoms with Crippen LogP contribution in [0.25, 0.3) is 0 Å². The second-order valence-electron chi connectivity index (χ2n) is 31.6. The summed E-state index contributed by atoms with van der Waals surface area (Å²) >= 11 is 1.47. The van der Waals surface area contributed by atoms with Crippen molar-refractivity contribution in [3.05, 3.63) is 83.7 Å². The van der Waals surface area contributed by atoms with Gasteiger partial charge in [0.2, 0.25) is 35.4 Å². The average molecular weight is 1520 g/mol. The van der Waals surface area contributed by atoms with Crippen LogP contribution in [-0.2, 0) is 65.6 Å². The number of thioether (sulfide) groups is 1. The first-order valence-electron chi connectivity index (χ1n) is 39.2. The number of rotatable bonds is 46. The lowest BCUT2D eigenvalue weighted by atomic mass is 9.83. The van der Waals surface area contributed by atoms with E-state index in [9.17, 15) is 47.9 Å². The zero-order valence-electron chi connectivity index (χ0n) is 67.5. The predicted octanol–water partition coefficient (Wildman–Crippen LogP) is 9.45. The summed E-state index contributed by atoms with van der Waals surface area (Å²) < 4.78 is 13.1. The lowest BCUT2D eigenvalue weighted by molar-refractivity contribution is -0.915. The number of urea groups is 1. The van der Waals surface area contributed by atoms with Crippen LogP contribution in [0.2, 0.25) is 0 Å². The number of anilines is 1. The number of nitrogens with zero attached hydrogens (tertiary/aromatic N) is 6. The number of aromatic nitrogens is 2. The second-order valence-corrected chi connectivity index (χ2v) is 32.3. The molecule has 25 heteroatoms. The van der Waals surface area contributed by atoms with Gasteiger partial charge in [0.25, 0.3) is 0 Å². The molecular formula is C83H129N12O12S+. The fourth-order valence-corrected chi connectivity index (χ4v) is 15.7. The minimum atomic E-state index is -0.839. The Hall–Kier alpha value is -7.63. The number of benzene rings is 2. The Morgan fingerprint density at radius 2 is 1.38 bits per heavy atom. The molecule has 2 aromatic carbocycles. The maximum absolute atomic E-state index is 14.7. The minimum absolute atomic E-state index is 0.0160. The molecule has 2 aliphatic rings. The van der Waals surface area contributed by atoms with Crippen LogP contribution in [0.5, 0.6) is 0 Å². The number of unbranched alkanes of at least 4 members (excludes halogenated alkanes) is 1. The van der Waals surface area contributed by atoms with E-state index in [0.717, 1.165) is 53.6 Å². The van der Waals surface area contributed by atoms with Gasteiger partial charge >= 0.3 is 6.03 Å². The molecule has 7 N–H and O–H groups in total. The number of primary amides is 1. The Bertz CT molecular complexity index is 3420. The number of amides is 8. The third kappa shape index (κ3) is 29.3. The van der Waals surface area contributed by atoms with Gasteiger partial charge in [0.1, 0.15) is 5.78 Å². The average Bonchev–Trinajstić information content (AvgIpc) is 1.32. The number of hydrogen-bond acceptors (Lipinski definition) is 16. The number of nitrogens with one attached hydrogen (secondary N) is 5. The predicted molar refractivity (Wildman–Crippen MR) is 424 cm³/mol. The van der Waals surface area contributed by atoms with Gasteiger partial charge in [0, 0.05) is 147 Å². The molecule has 0 radical (unpaired) electrons. The van der Waals surface area contributed by atoms with Gasteiger partial charge in [-0.25, -0.2) is 14.8 Å². The number of methoxy groups -OCH3 is 2. The van der Waals surface area contributed by atoms with Crippen molar-refractivity contribution in [2.45, 2.75) is 220 Å². The van der Waals surface area contributed by atoms with E-state index in [0.29, 0.717) is 81.2 Å². The first-order chi connectivity index (χ1) is 51.3. The normalized spacial score (nSPS) is 18.6. The van der Waals surface area contributed by atoms with Gasteiger partial charge in [0.05, 0.1) is 75.0 Å². The van der Waals surface area contributed by atoms with E-state index >= 15 is 0 Å². The molecule has 108 heavy (non-hydrogen) atoms. The Morgan fingerprint density at radius 1 is 0.722 bits per heavy atom. The summed E-state index contributed by atoms with van der Waals surface area (Å²) in [7, 11) is 10.8. The monoisotopic (exact) mass is 1520 g/mol. The van der Waals surface area contributed by atoms with Crippen LogP contribution in [0.3, 0.4) is 0 Å². The van der Waals surface area contributed by atoms with Crippen LogP contribution in [0, 0.1) is 65.1 Å². The van der Waals surface area contributed by atoms with Gasteiger partial charge < -0.3 is 56.1 Å². The molecule has 0 bridgehead atoms. The van der Waals surface area contributed by atoms with Crippen LogP contribution >= 0.6 is 11.8 Å². The number of piperidine rings is 1. The molecule has 3 heterocycles. The summed E-state index contributed by atoms with van der Waals surface area (Å²) in [5.41, 5.74) is 8.13. The molecule has 0 spiro atoms. The highest BCUT2D eigenvalue weighted by molar-refractivity contribution is 7.98. The Labute approximate surface area is 648 Å². The molecule has 11 atom stereocenters. The van der Waals surface area contributed by atoms with E-state index in [1.807, 2.05) is 111 Å². The molecule has 24 nitrogen and oxygen atoms in total. The van der Waals surface area contributed by atoms with Crippen molar-refractivity contribution < 1.29 is 61.9 Å². The molecule has 8 amide bonds. The highest BCUT2D eigenvalue weighted by Gasteiger charge is 2.44. The summed E-state index contributed by atoms with van der Waals surface area (Å²) in [6, 6.07) is 13.6. The molecule has 0 unspecified atom stereocenters. The van der Waals surface area contributed by atoms with E-state index in [-0.39, 0.29) is 135 Å². The van der Waals surface area contributed by atoms with Crippen LogP contribution in [-0.4, -0.2) is 212 Å². The third-order valence-corrected chi connectivity index (χ3v) is 22.6. The molecule has 0 saturated carbocycles. The number of likely N-dealkylation sites (N-methyl/N-ethyl adjacent to an activating group) is 2. The van der Waals surface area contributed by atoms with Gasteiger partial charge in [-0.15, -0.1) is 0 Å². The van der Waals surface area contributed by atoms with Gasteiger partial charge in [-0.2, -0.15) is 0 Å². The fraction of sp³-hybridized carbons (Fsp3) is 0.663. The highest BCUT2D eigenvalue weighted by atomic mass is 32.2. The maximum atomic E-state index is 14.7. The summed E-state index contributed by atoms with van der Waals surface area (Å²) in [6.45, 7) is 21.6. The van der Waals surface area contributed by atoms with E-state index in [4.69, 9.17) is 15.2 Å². The van der Waals surface area contributed by atoms with E-state index in [1.165, 1.54) is 11.8 Å². The van der Waals surface area contributed by atoms with Gasteiger partial charge in [-0.1, -0.05) is 135 Å². The summed E-state index contributed by atoms with van der Waals surface area (Å²) in [5.74, 6) is 1.51. The topological polar surface area (TPSA) is 311 Å². The number of quaternary nitrogens is 1. The molecule has 5 rings (SSSR count). The molecule has 2 aliphatic heterocycles. The van der Waals surface area contributed by atoms with Crippen molar-refractivity contribution in [3.63, 3.8) is 0 Å². The van der Waals surface area contributed by atoms with Crippen molar-refractivity contribution >= 4 is 76.3 Å².